The van der Waals surface area contributed by atoms with E-state index in [2.05, 4.69) is 47.8 Å². The predicted molar refractivity (Wildman–Crippen MR) is 89.7 cm³/mol. The second-order valence-corrected chi connectivity index (χ2v) is 6.93. The number of fused-ring (bicyclic) bond motifs is 1. The molecular formula is C20H25N. The van der Waals surface area contributed by atoms with Gasteiger partial charge in [0.2, 0.25) is 0 Å². The maximum atomic E-state index is 3.81. The molecule has 0 aromatic heterocycles. The minimum atomic E-state index is 0.388. The van der Waals surface area contributed by atoms with Gasteiger partial charge in [0, 0.05) is 11.5 Å². The van der Waals surface area contributed by atoms with E-state index in [1.807, 2.05) is 0 Å². The fourth-order valence-electron chi connectivity index (χ4n) is 4.68. The van der Waals surface area contributed by atoms with Crippen LogP contribution in [0.4, 0.5) is 0 Å². The summed E-state index contributed by atoms with van der Waals surface area (Å²) in [6, 6.07) is 16.7. The van der Waals surface area contributed by atoms with Crippen LogP contribution in [-0.4, -0.2) is 12.6 Å². The molecule has 1 N–H and O–H groups in total. The highest BCUT2D eigenvalue weighted by Gasteiger charge is 2.42. The van der Waals surface area contributed by atoms with E-state index in [1.54, 1.807) is 5.56 Å². The van der Waals surface area contributed by atoms with Gasteiger partial charge in [0.1, 0.15) is 0 Å². The van der Waals surface area contributed by atoms with Crippen molar-refractivity contribution in [3.8, 4) is 0 Å². The molecule has 1 atom stereocenters. The lowest BCUT2D eigenvalue weighted by molar-refractivity contribution is 0.227. The molecule has 21 heavy (non-hydrogen) atoms. The van der Waals surface area contributed by atoms with Gasteiger partial charge in [-0.25, -0.2) is 0 Å². The Balaban J connectivity index is 1.80. The second kappa shape index (κ2) is 5.46. The first-order chi connectivity index (χ1) is 10.4. The lowest BCUT2D eigenvalue weighted by atomic mass is 9.64. The Morgan fingerprint density at radius 3 is 2.43 bits per heavy atom. The zero-order valence-electron chi connectivity index (χ0n) is 12.8. The van der Waals surface area contributed by atoms with Gasteiger partial charge in [0.25, 0.3) is 0 Å². The summed E-state index contributed by atoms with van der Waals surface area (Å²) < 4.78 is 0. The largest absolute Gasteiger partial charge is 0.313 e. The fraction of sp³-hybridized carbons (Fsp3) is 0.500. The molecule has 1 saturated carbocycles. The van der Waals surface area contributed by atoms with Crippen LogP contribution in [0.2, 0.25) is 0 Å². The van der Waals surface area contributed by atoms with E-state index in [1.165, 1.54) is 62.3 Å². The van der Waals surface area contributed by atoms with Crippen molar-refractivity contribution in [1.29, 1.82) is 0 Å². The van der Waals surface area contributed by atoms with Gasteiger partial charge in [0.05, 0.1) is 0 Å². The zero-order valence-corrected chi connectivity index (χ0v) is 12.8. The standard InChI is InChI=1S/C20H25N/c1-4-12-20(13-5-1,19-9-6-14-21-19)18-11-10-16-7-2-3-8-17(16)15-18/h2-3,7-8,10-11,15,19,21H,1,4-6,9,12-14H2. The van der Waals surface area contributed by atoms with Crippen LogP contribution < -0.4 is 5.32 Å². The minimum absolute atomic E-state index is 0.388. The molecule has 2 aliphatic rings. The van der Waals surface area contributed by atoms with E-state index >= 15 is 0 Å². The van der Waals surface area contributed by atoms with Crippen molar-refractivity contribution in [3.05, 3.63) is 48.0 Å². The van der Waals surface area contributed by atoms with Gasteiger partial charge < -0.3 is 5.32 Å². The van der Waals surface area contributed by atoms with Gasteiger partial charge in [0.15, 0.2) is 0 Å². The van der Waals surface area contributed by atoms with Crippen molar-refractivity contribution in [1.82, 2.24) is 5.32 Å². The molecule has 2 aromatic carbocycles. The van der Waals surface area contributed by atoms with E-state index in [4.69, 9.17) is 0 Å². The Labute approximate surface area is 127 Å². The van der Waals surface area contributed by atoms with Gasteiger partial charge in [-0.05, 0) is 48.6 Å². The quantitative estimate of drug-likeness (QED) is 0.833. The summed E-state index contributed by atoms with van der Waals surface area (Å²) in [6.45, 7) is 1.21. The summed E-state index contributed by atoms with van der Waals surface area (Å²) in [5.41, 5.74) is 1.97. The van der Waals surface area contributed by atoms with E-state index in [0.717, 1.165) is 0 Å². The lowest BCUT2D eigenvalue weighted by Gasteiger charge is -2.43. The molecule has 110 valence electrons. The average molecular weight is 279 g/mol. The van der Waals surface area contributed by atoms with Crippen molar-refractivity contribution in [2.45, 2.75) is 56.4 Å². The van der Waals surface area contributed by atoms with Crippen molar-refractivity contribution >= 4 is 10.8 Å². The third kappa shape index (κ3) is 2.28. The summed E-state index contributed by atoms with van der Waals surface area (Å²) in [5.74, 6) is 0. The SMILES string of the molecule is c1ccc2cc(C3(C4CCCN4)CCCCC3)ccc2c1. The number of hydrogen-bond donors (Lipinski definition) is 1. The Bertz CT molecular complexity index is 619. The van der Waals surface area contributed by atoms with E-state index in [-0.39, 0.29) is 0 Å². The van der Waals surface area contributed by atoms with E-state index < -0.39 is 0 Å². The van der Waals surface area contributed by atoms with Crippen LogP contribution in [0.25, 0.3) is 10.8 Å². The zero-order chi connectivity index (χ0) is 14.1. The smallest absolute Gasteiger partial charge is 0.0164 e. The topological polar surface area (TPSA) is 12.0 Å². The van der Waals surface area contributed by atoms with E-state index in [9.17, 15) is 0 Å². The molecule has 1 heteroatoms. The molecule has 0 amide bonds. The highest BCUT2D eigenvalue weighted by Crippen LogP contribution is 2.45. The molecule has 2 fully saturated rings. The molecule has 0 radical (unpaired) electrons. The van der Waals surface area contributed by atoms with Gasteiger partial charge in [-0.3, -0.25) is 0 Å². The third-order valence-electron chi connectivity index (χ3n) is 5.80. The van der Waals surface area contributed by atoms with Crippen LogP contribution in [0.1, 0.15) is 50.5 Å². The summed E-state index contributed by atoms with van der Waals surface area (Å²) in [5, 5.41) is 6.58. The first-order valence-corrected chi connectivity index (χ1v) is 8.61. The molecular weight excluding hydrogens is 254 g/mol. The van der Waals surface area contributed by atoms with E-state index in [0.29, 0.717) is 11.5 Å². The fourth-order valence-corrected chi connectivity index (χ4v) is 4.68. The number of nitrogens with one attached hydrogen (secondary N) is 1. The summed E-state index contributed by atoms with van der Waals surface area (Å²) >= 11 is 0. The average Bonchev–Trinajstić information content (AvgIpc) is 3.10. The predicted octanol–water partition coefficient (Wildman–Crippen LogP) is 4.79. The van der Waals surface area contributed by atoms with Gasteiger partial charge in [-0.15, -0.1) is 0 Å². The minimum Gasteiger partial charge on any atom is -0.313 e. The second-order valence-electron chi connectivity index (χ2n) is 6.93. The van der Waals surface area contributed by atoms with Crippen LogP contribution in [-0.2, 0) is 5.41 Å². The van der Waals surface area contributed by atoms with Gasteiger partial charge >= 0.3 is 0 Å². The number of rotatable bonds is 2. The molecule has 1 aliphatic heterocycles. The molecule has 4 rings (SSSR count). The van der Waals surface area contributed by atoms with Crippen LogP contribution in [0.3, 0.4) is 0 Å². The van der Waals surface area contributed by atoms with Crippen molar-refractivity contribution in [2.24, 2.45) is 0 Å². The Morgan fingerprint density at radius 2 is 1.67 bits per heavy atom. The van der Waals surface area contributed by atoms with Crippen LogP contribution >= 0.6 is 0 Å². The maximum absolute atomic E-state index is 3.81. The van der Waals surface area contributed by atoms with Crippen molar-refractivity contribution < 1.29 is 0 Å². The Morgan fingerprint density at radius 1 is 0.857 bits per heavy atom. The molecule has 0 bridgehead atoms. The summed E-state index contributed by atoms with van der Waals surface area (Å²) in [7, 11) is 0. The molecule has 0 spiro atoms. The monoisotopic (exact) mass is 279 g/mol. The van der Waals surface area contributed by atoms with Crippen LogP contribution in [0.15, 0.2) is 42.5 Å². The molecule has 1 aliphatic carbocycles. The molecule has 1 heterocycles. The Kier molecular flexibility index (Phi) is 3.46. The molecule has 1 saturated heterocycles. The van der Waals surface area contributed by atoms with Crippen molar-refractivity contribution in [3.63, 3.8) is 0 Å². The van der Waals surface area contributed by atoms with Crippen LogP contribution in [0.5, 0.6) is 0 Å². The molecule has 2 aromatic rings. The lowest BCUT2D eigenvalue weighted by Crippen LogP contribution is -2.46. The highest BCUT2D eigenvalue weighted by atomic mass is 15.0. The van der Waals surface area contributed by atoms with Crippen molar-refractivity contribution in [2.75, 3.05) is 6.54 Å². The first kappa shape index (κ1) is 13.3. The molecule has 1 nitrogen and oxygen atoms in total. The Hall–Kier alpha value is -1.34. The highest BCUT2D eigenvalue weighted by molar-refractivity contribution is 5.83. The number of hydrogen-bond acceptors (Lipinski definition) is 1. The third-order valence-corrected chi connectivity index (χ3v) is 5.80. The summed E-state index contributed by atoms with van der Waals surface area (Å²) in [4.78, 5) is 0. The van der Waals surface area contributed by atoms with Gasteiger partial charge in [-0.1, -0.05) is 61.7 Å². The normalized spacial score (nSPS) is 25.2. The summed E-state index contributed by atoms with van der Waals surface area (Å²) in [6.07, 6.45) is 9.64. The number of benzene rings is 2. The van der Waals surface area contributed by atoms with Gasteiger partial charge in [-0.2, -0.15) is 0 Å². The van der Waals surface area contributed by atoms with Crippen LogP contribution in [0, 0.1) is 0 Å². The molecule has 1 unspecified atom stereocenters. The first-order valence-electron chi connectivity index (χ1n) is 8.61. The maximum Gasteiger partial charge on any atom is 0.0164 e.